The first kappa shape index (κ1) is 14.4. The summed E-state index contributed by atoms with van der Waals surface area (Å²) in [5, 5.41) is 14.6. The van der Waals surface area contributed by atoms with Crippen molar-refractivity contribution >= 4 is 17.3 Å². The summed E-state index contributed by atoms with van der Waals surface area (Å²) in [6.07, 6.45) is 3.46. The van der Waals surface area contributed by atoms with Crippen molar-refractivity contribution in [2.75, 3.05) is 0 Å². The summed E-state index contributed by atoms with van der Waals surface area (Å²) >= 11 is 6.06. The van der Waals surface area contributed by atoms with Crippen molar-refractivity contribution in [3.05, 3.63) is 69.0 Å². The fourth-order valence-corrected chi connectivity index (χ4v) is 2.03. The lowest BCUT2D eigenvalue weighted by atomic mass is 10.1. The molecule has 5 nitrogen and oxygen atoms in total. The van der Waals surface area contributed by atoms with Crippen LogP contribution in [0.2, 0.25) is 5.02 Å². The first-order valence-corrected chi connectivity index (χ1v) is 6.52. The topological polar surface area (TPSA) is 68.1 Å². The van der Waals surface area contributed by atoms with Crippen LogP contribution in [-0.4, -0.2) is 9.91 Å². The van der Waals surface area contributed by atoms with E-state index in [-0.39, 0.29) is 11.7 Å². The molecule has 1 aromatic carbocycles. The van der Waals surface area contributed by atoms with Crippen LogP contribution in [-0.2, 0) is 6.54 Å². The summed E-state index contributed by atoms with van der Waals surface area (Å²) in [5.74, 6) is 0. The summed E-state index contributed by atoms with van der Waals surface area (Å²) in [4.78, 5) is 14.3. The Balaban J connectivity index is 2.07. The highest BCUT2D eigenvalue weighted by atomic mass is 35.5. The molecule has 0 spiro atoms. The van der Waals surface area contributed by atoms with Gasteiger partial charge in [0.05, 0.1) is 4.92 Å². The van der Waals surface area contributed by atoms with Crippen LogP contribution in [0, 0.1) is 10.1 Å². The zero-order valence-corrected chi connectivity index (χ0v) is 11.7. The first-order chi connectivity index (χ1) is 9.58. The highest BCUT2D eigenvalue weighted by Crippen LogP contribution is 2.22. The molecule has 0 amide bonds. The minimum absolute atomic E-state index is 0.0442. The molecule has 0 aliphatic rings. The quantitative estimate of drug-likeness (QED) is 0.676. The van der Waals surface area contributed by atoms with Crippen molar-refractivity contribution in [2.24, 2.45) is 0 Å². The third-order valence-electron chi connectivity index (χ3n) is 3.04. The van der Waals surface area contributed by atoms with Gasteiger partial charge in [-0.2, -0.15) is 0 Å². The Morgan fingerprint density at radius 3 is 2.70 bits per heavy atom. The lowest BCUT2D eigenvalue weighted by molar-refractivity contribution is -0.384. The zero-order valence-electron chi connectivity index (χ0n) is 10.9. The van der Waals surface area contributed by atoms with Gasteiger partial charge in [-0.3, -0.25) is 15.1 Å². The molecule has 1 N–H and O–H groups in total. The number of hydrogen-bond donors (Lipinski definition) is 1. The maximum Gasteiger partial charge on any atom is 0.269 e. The van der Waals surface area contributed by atoms with Crippen molar-refractivity contribution in [2.45, 2.75) is 19.5 Å². The van der Waals surface area contributed by atoms with Crippen LogP contribution in [0.5, 0.6) is 0 Å². The van der Waals surface area contributed by atoms with Crippen LogP contribution in [0.25, 0.3) is 0 Å². The highest BCUT2D eigenvalue weighted by Gasteiger charge is 2.11. The van der Waals surface area contributed by atoms with Gasteiger partial charge in [-0.25, -0.2) is 0 Å². The van der Waals surface area contributed by atoms with Gasteiger partial charge in [0, 0.05) is 42.1 Å². The van der Waals surface area contributed by atoms with Gasteiger partial charge in [0.2, 0.25) is 0 Å². The van der Waals surface area contributed by atoms with Crippen LogP contribution in [0.4, 0.5) is 5.69 Å². The predicted octanol–water partition coefficient (Wildman–Crippen LogP) is 3.49. The fraction of sp³-hybridized carbons (Fsp3) is 0.214. The standard InChI is InChI=1S/C14H14ClN3O2/c1-10(11-4-6-16-7-5-11)17-9-12-8-13(18(19)20)2-3-14(12)15/h2-8,10,17H,9H2,1H3/t10-/m0/s1. The van der Waals surface area contributed by atoms with E-state index in [9.17, 15) is 10.1 Å². The lowest BCUT2D eigenvalue weighted by Crippen LogP contribution is -2.18. The second kappa shape index (κ2) is 6.45. The molecule has 0 saturated carbocycles. The molecular formula is C14H14ClN3O2. The van der Waals surface area contributed by atoms with E-state index in [0.29, 0.717) is 17.1 Å². The number of benzene rings is 1. The number of hydrogen-bond acceptors (Lipinski definition) is 4. The van der Waals surface area contributed by atoms with Crippen LogP contribution in [0.3, 0.4) is 0 Å². The Kier molecular flexibility index (Phi) is 4.65. The van der Waals surface area contributed by atoms with E-state index < -0.39 is 4.92 Å². The highest BCUT2D eigenvalue weighted by molar-refractivity contribution is 6.31. The van der Waals surface area contributed by atoms with Crippen LogP contribution in [0.1, 0.15) is 24.1 Å². The van der Waals surface area contributed by atoms with E-state index >= 15 is 0 Å². The van der Waals surface area contributed by atoms with Crippen molar-refractivity contribution in [1.29, 1.82) is 0 Å². The van der Waals surface area contributed by atoms with Crippen LogP contribution < -0.4 is 5.32 Å². The molecule has 1 aromatic heterocycles. The Morgan fingerprint density at radius 2 is 2.05 bits per heavy atom. The normalized spacial score (nSPS) is 12.1. The first-order valence-electron chi connectivity index (χ1n) is 6.14. The molecule has 0 saturated heterocycles. The summed E-state index contributed by atoms with van der Waals surface area (Å²) in [5.41, 5.74) is 1.85. The summed E-state index contributed by atoms with van der Waals surface area (Å²) in [6, 6.07) is 8.40. The minimum Gasteiger partial charge on any atom is -0.306 e. The van der Waals surface area contributed by atoms with Crippen molar-refractivity contribution < 1.29 is 4.92 Å². The molecule has 6 heteroatoms. The van der Waals surface area contributed by atoms with Gasteiger partial charge in [-0.05, 0) is 36.2 Å². The van der Waals surface area contributed by atoms with E-state index in [0.717, 1.165) is 5.56 Å². The van der Waals surface area contributed by atoms with Crippen LogP contribution in [0.15, 0.2) is 42.7 Å². The SMILES string of the molecule is C[C@H](NCc1cc([N+](=O)[O-])ccc1Cl)c1ccncc1. The number of aromatic nitrogens is 1. The van der Waals surface area contributed by atoms with E-state index in [2.05, 4.69) is 10.3 Å². The molecule has 0 bridgehead atoms. The smallest absolute Gasteiger partial charge is 0.269 e. The third-order valence-corrected chi connectivity index (χ3v) is 3.41. The minimum atomic E-state index is -0.424. The Hall–Kier alpha value is -1.98. The van der Waals surface area contributed by atoms with Crippen molar-refractivity contribution in [1.82, 2.24) is 10.3 Å². The molecule has 0 aliphatic carbocycles. The molecule has 2 rings (SSSR count). The van der Waals surface area contributed by atoms with Gasteiger partial charge < -0.3 is 5.32 Å². The van der Waals surface area contributed by atoms with Crippen molar-refractivity contribution in [3.63, 3.8) is 0 Å². The van der Waals surface area contributed by atoms with Gasteiger partial charge in [-0.15, -0.1) is 0 Å². The Morgan fingerprint density at radius 1 is 1.35 bits per heavy atom. The fourth-order valence-electron chi connectivity index (χ4n) is 1.84. The molecule has 1 atom stereocenters. The van der Waals surface area contributed by atoms with E-state index in [1.165, 1.54) is 12.1 Å². The second-order valence-corrected chi connectivity index (χ2v) is 4.82. The Labute approximate surface area is 121 Å². The number of non-ortho nitro benzene ring substituents is 1. The number of pyridine rings is 1. The Bertz CT molecular complexity index is 605. The number of nitrogens with one attached hydrogen (secondary N) is 1. The monoisotopic (exact) mass is 291 g/mol. The molecule has 0 radical (unpaired) electrons. The average Bonchev–Trinajstić information content (AvgIpc) is 2.46. The molecule has 0 fully saturated rings. The molecular weight excluding hydrogens is 278 g/mol. The molecule has 0 unspecified atom stereocenters. The number of rotatable bonds is 5. The van der Waals surface area contributed by atoms with E-state index in [4.69, 9.17) is 11.6 Å². The molecule has 104 valence electrons. The number of nitro benzene ring substituents is 1. The third kappa shape index (κ3) is 3.53. The molecule has 20 heavy (non-hydrogen) atoms. The lowest BCUT2D eigenvalue weighted by Gasteiger charge is -2.14. The van der Waals surface area contributed by atoms with E-state index in [1.54, 1.807) is 18.5 Å². The van der Waals surface area contributed by atoms with E-state index in [1.807, 2.05) is 19.1 Å². The maximum atomic E-state index is 10.8. The van der Waals surface area contributed by atoms with Gasteiger partial charge in [-0.1, -0.05) is 11.6 Å². The largest absolute Gasteiger partial charge is 0.306 e. The van der Waals surface area contributed by atoms with Crippen LogP contribution >= 0.6 is 11.6 Å². The maximum absolute atomic E-state index is 10.8. The van der Waals surface area contributed by atoms with Crippen molar-refractivity contribution in [3.8, 4) is 0 Å². The van der Waals surface area contributed by atoms with Gasteiger partial charge in [0.15, 0.2) is 0 Å². The predicted molar refractivity (Wildman–Crippen MR) is 77.6 cm³/mol. The number of halogens is 1. The average molecular weight is 292 g/mol. The molecule has 2 aromatic rings. The number of nitro groups is 1. The van der Waals surface area contributed by atoms with Gasteiger partial charge in [0.1, 0.15) is 0 Å². The second-order valence-electron chi connectivity index (χ2n) is 4.42. The zero-order chi connectivity index (χ0) is 14.5. The van der Waals surface area contributed by atoms with Gasteiger partial charge in [0.25, 0.3) is 5.69 Å². The number of nitrogens with zero attached hydrogens (tertiary/aromatic N) is 2. The molecule has 1 heterocycles. The summed E-state index contributed by atoms with van der Waals surface area (Å²) in [6.45, 7) is 2.48. The summed E-state index contributed by atoms with van der Waals surface area (Å²) in [7, 11) is 0. The molecule has 0 aliphatic heterocycles. The van der Waals surface area contributed by atoms with Gasteiger partial charge >= 0.3 is 0 Å². The summed E-state index contributed by atoms with van der Waals surface area (Å²) < 4.78 is 0.